The van der Waals surface area contributed by atoms with Gasteiger partial charge in [0.15, 0.2) is 5.96 Å². The number of ether oxygens (including phenoxy) is 1. The first-order valence-electron chi connectivity index (χ1n) is 11.2. The van der Waals surface area contributed by atoms with E-state index in [1.165, 1.54) is 16.8 Å². The molecular weight excluding hydrogens is 374 g/mol. The van der Waals surface area contributed by atoms with Gasteiger partial charge in [-0.3, -0.25) is 9.67 Å². The van der Waals surface area contributed by atoms with E-state index in [1.807, 2.05) is 6.92 Å². The van der Waals surface area contributed by atoms with Gasteiger partial charge in [-0.1, -0.05) is 24.3 Å². The van der Waals surface area contributed by atoms with Crippen molar-refractivity contribution >= 4 is 5.96 Å². The fourth-order valence-electron chi connectivity index (χ4n) is 4.35. The van der Waals surface area contributed by atoms with E-state index in [4.69, 9.17) is 9.73 Å². The van der Waals surface area contributed by atoms with Crippen LogP contribution in [-0.4, -0.2) is 48.6 Å². The number of aromatic nitrogens is 2. The lowest BCUT2D eigenvalue weighted by Crippen LogP contribution is -2.42. The van der Waals surface area contributed by atoms with Crippen molar-refractivity contribution in [3.05, 3.63) is 52.8 Å². The summed E-state index contributed by atoms with van der Waals surface area (Å²) in [6.07, 6.45) is 3.03. The summed E-state index contributed by atoms with van der Waals surface area (Å²) in [5.41, 5.74) is 5.10. The molecule has 30 heavy (non-hydrogen) atoms. The maximum absolute atomic E-state index is 5.69. The van der Waals surface area contributed by atoms with E-state index in [-0.39, 0.29) is 5.41 Å². The van der Waals surface area contributed by atoms with Crippen molar-refractivity contribution in [3.63, 3.8) is 0 Å². The number of guanidine groups is 1. The minimum Gasteiger partial charge on any atom is -0.381 e. The summed E-state index contributed by atoms with van der Waals surface area (Å²) in [6.45, 7) is 13.5. The quantitative estimate of drug-likeness (QED) is 0.396. The van der Waals surface area contributed by atoms with Crippen LogP contribution >= 0.6 is 0 Å². The lowest BCUT2D eigenvalue weighted by atomic mass is 9.72. The monoisotopic (exact) mass is 411 g/mol. The van der Waals surface area contributed by atoms with Gasteiger partial charge < -0.3 is 15.4 Å². The highest BCUT2D eigenvalue weighted by Crippen LogP contribution is 2.37. The average molecular weight is 412 g/mol. The molecule has 1 aromatic heterocycles. The molecule has 1 fully saturated rings. The number of nitrogens with zero attached hydrogens (tertiary/aromatic N) is 3. The van der Waals surface area contributed by atoms with E-state index < -0.39 is 0 Å². The molecule has 1 aliphatic heterocycles. The molecular formula is C24H37N5O. The van der Waals surface area contributed by atoms with Crippen molar-refractivity contribution in [2.75, 3.05) is 32.8 Å². The van der Waals surface area contributed by atoms with Gasteiger partial charge in [0.1, 0.15) is 0 Å². The third-order valence-corrected chi connectivity index (χ3v) is 5.99. The van der Waals surface area contributed by atoms with Gasteiger partial charge in [-0.05, 0) is 64.2 Å². The molecule has 1 aromatic carbocycles. The first-order valence-corrected chi connectivity index (χ1v) is 11.2. The molecule has 0 bridgehead atoms. The SMILES string of the molecule is CCNC(=NCC1(c2ccccc2C)CCOCC1)NCCCn1nc(C)cc1C. The van der Waals surface area contributed by atoms with E-state index in [1.54, 1.807) is 0 Å². The Hall–Kier alpha value is -2.34. The molecule has 0 unspecified atom stereocenters. The van der Waals surface area contributed by atoms with Gasteiger partial charge in [0, 0.05) is 44.0 Å². The van der Waals surface area contributed by atoms with Crippen LogP contribution in [0.3, 0.4) is 0 Å². The van der Waals surface area contributed by atoms with Crippen LogP contribution in [0.25, 0.3) is 0 Å². The Balaban J connectivity index is 1.64. The van der Waals surface area contributed by atoms with Gasteiger partial charge >= 0.3 is 0 Å². The van der Waals surface area contributed by atoms with Gasteiger partial charge in [-0.2, -0.15) is 5.10 Å². The second-order valence-corrected chi connectivity index (χ2v) is 8.33. The van der Waals surface area contributed by atoms with Crippen molar-refractivity contribution in [3.8, 4) is 0 Å². The molecule has 0 amide bonds. The van der Waals surface area contributed by atoms with Crippen LogP contribution in [0.2, 0.25) is 0 Å². The molecule has 0 saturated carbocycles. The van der Waals surface area contributed by atoms with Gasteiger partial charge in [0.25, 0.3) is 0 Å². The molecule has 0 radical (unpaired) electrons. The second kappa shape index (κ2) is 10.6. The Morgan fingerprint density at radius 3 is 2.60 bits per heavy atom. The molecule has 1 saturated heterocycles. The predicted octanol–water partition coefficient (Wildman–Crippen LogP) is 3.50. The summed E-state index contributed by atoms with van der Waals surface area (Å²) in [4.78, 5) is 5.01. The first-order chi connectivity index (χ1) is 14.5. The van der Waals surface area contributed by atoms with Gasteiger partial charge in [0.05, 0.1) is 12.2 Å². The van der Waals surface area contributed by atoms with Gasteiger partial charge in [0.2, 0.25) is 0 Å². The number of benzene rings is 1. The highest BCUT2D eigenvalue weighted by molar-refractivity contribution is 5.79. The van der Waals surface area contributed by atoms with Crippen LogP contribution in [0.4, 0.5) is 0 Å². The van der Waals surface area contributed by atoms with Crippen LogP contribution in [-0.2, 0) is 16.7 Å². The number of rotatable bonds is 8. The van der Waals surface area contributed by atoms with Crippen molar-refractivity contribution in [1.29, 1.82) is 0 Å². The lowest BCUT2D eigenvalue weighted by Gasteiger charge is -2.37. The smallest absolute Gasteiger partial charge is 0.191 e. The highest BCUT2D eigenvalue weighted by atomic mass is 16.5. The highest BCUT2D eigenvalue weighted by Gasteiger charge is 2.35. The molecule has 3 rings (SSSR count). The average Bonchev–Trinajstić information content (AvgIpc) is 3.07. The van der Waals surface area contributed by atoms with Gasteiger partial charge in [-0.15, -0.1) is 0 Å². The fourth-order valence-corrected chi connectivity index (χ4v) is 4.35. The zero-order chi connectivity index (χ0) is 21.4. The predicted molar refractivity (Wildman–Crippen MR) is 123 cm³/mol. The molecule has 164 valence electrons. The fraction of sp³-hybridized carbons (Fsp3) is 0.583. The zero-order valence-corrected chi connectivity index (χ0v) is 19.0. The van der Waals surface area contributed by atoms with Crippen molar-refractivity contribution in [2.24, 2.45) is 4.99 Å². The number of hydrogen-bond donors (Lipinski definition) is 2. The van der Waals surface area contributed by atoms with Crippen molar-refractivity contribution < 1.29 is 4.74 Å². The third-order valence-electron chi connectivity index (χ3n) is 5.99. The number of hydrogen-bond acceptors (Lipinski definition) is 3. The summed E-state index contributed by atoms with van der Waals surface area (Å²) in [6, 6.07) is 10.9. The molecule has 2 heterocycles. The number of nitrogens with one attached hydrogen (secondary N) is 2. The van der Waals surface area contributed by atoms with Crippen molar-refractivity contribution in [1.82, 2.24) is 20.4 Å². The van der Waals surface area contributed by atoms with Crippen LogP contribution in [0, 0.1) is 20.8 Å². The molecule has 6 heteroatoms. The van der Waals surface area contributed by atoms with Crippen LogP contribution < -0.4 is 10.6 Å². The number of aryl methyl sites for hydroxylation is 4. The Morgan fingerprint density at radius 2 is 1.93 bits per heavy atom. The topological polar surface area (TPSA) is 63.5 Å². The van der Waals surface area contributed by atoms with E-state index in [0.717, 1.165) is 70.3 Å². The standard InChI is InChI=1S/C24H37N5O/c1-5-25-23(26-13-8-14-29-21(4)17-20(3)28-29)27-18-24(11-15-30-16-12-24)22-10-7-6-9-19(22)2/h6-7,9-10,17H,5,8,11-16,18H2,1-4H3,(H2,25,26,27). The molecule has 0 aliphatic carbocycles. The molecule has 0 spiro atoms. The third kappa shape index (κ3) is 5.63. The van der Waals surface area contributed by atoms with E-state index in [2.05, 4.69) is 71.5 Å². The summed E-state index contributed by atoms with van der Waals surface area (Å²) >= 11 is 0. The van der Waals surface area contributed by atoms with Crippen LogP contribution in [0.1, 0.15) is 48.7 Å². The Labute approximate surface area is 181 Å². The van der Waals surface area contributed by atoms with E-state index >= 15 is 0 Å². The van der Waals surface area contributed by atoms with Crippen LogP contribution in [0.15, 0.2) is 35.3 Å². The Morgan fingerprint density at radius 1 is 1.17 bits per heavy atom. The molecule has 2 aromatic rings. The first kappa shape index (κ1) is 22.3. The van der Waals surface area contributed by atoms with E-state index in [9.17, 15) is 0 Å². The summed E-state index contributed by atoms with van der Waals surface area (Å²) in [7, 11) is 0. The molecule has 2 N–H and O–H groups in total. The second-order valence-electron chi connectivity index (χ2n) is 8.33. The Kier molecular flexibility index (Phi) is 7.91. The summed E-state index contributed by atoms with van der Waals surface area (Å²) < 4.78 is 7.76. The maximum atomic E-state index is 5.69. The van der Waals surface area contributed by atoms with Crippen LogP contribution in [0.5, 0.6) is 0 Å². The molecule has 6 nitrogen and oxygen atoms in total. The molecule has 1 aliphatic rings. The maximum Gasteiger partial charge on any atom is 0.191 e. The van der Waals surface area contributed by atoms with E-state index in [0.29, 0.717) is 0 Å². The normalized spacial score (nSPS) is 16.5. The van der Waals surface area contributed by atoms with Gasteiger partial charge in [-0.25, -0.2) is 0 Å². The van der Waals surface area contributed by atoms with Crippen molar-refractivity contribution in [2.45, 2.75) is 58.9 Å². The Bertz CT molecular complexity index is 836. The number of aliphatic imine (C=N–C) groups is 1. The minimum absolute atomic E-state index is 0.0512. The largest absolute Gasteiger partial charge is 0.381 e. The summed E-state index contributed by atoms with van der Waals surface area (Å²) in [5, 5.41) is 11.5. The summed E-state index contributed by atoms with van der Waals surface area (Å²) in [5.74, 6) is 0.894. The minimum atomic E-state index is 0.0512. The molecule has 0 atom stereocenters. The lowest BCUT2D eigenvalue weighted by molar-refractivity contribution is 0.0529. The zero-order valence-electron chi connectivity index (χ0n) is 19.0.